The van der Waals surface area contributed by atoms with Gasteiger partial charge in [0.15, 0.2) is 0 Å². The lowest BCUT2D eigenvalue weighted by Gasteiger charge is -2.32. The van der Waals surface area contributed by atoms with Crippen molar-refractivity contribution >= 4 is 39.1 Å². The van der Waals surface area contributed by atoms with Gasteiger partial charge in [-0.15, -0.1) is 0 Å². The second-order valence-electron chi connectivity index (χ2n) is 8.19. The first-order chi connectivity index (χ1) is 15.7. The fourth-order valence-corrected chi connectivity index (χ4v) is 4.37. The highest BCUT2D eigenvalue weighted by atomic mass is 79.9. The first-order valence-electron chi connectivity index (χ1n) is 10.2. The van der Waals surface area contributed by atoms with E-state index < -0.39 is 11.4 Å². The van der Waals surface area contributed by atoms with Gasteiger partial charge >= 0.3 is 0 Å². The Morgan fingerprint density at radius 2 is 1.91 bits per heavy atom. The summed E-state index contributed by atoms with van der Waals surface area (Å²) in [6, 6.07) is 17.0. The van der Waals surface area contributed by atoms with Crippen molar-refractivity contribution < 1.29 is 13.9 Å². The maximum absolute atomic E-state index is 14.5. The van der Waals surface area contributed by atoms with Crippen LogP contribution in [0.4, 0.5) is 10.1 Å². The van der Waals surface area contributed by atoms with Gasteiger partial charge in [0.1, 0.15) is 23.0 Å². The zero-order valence-electron chi connectivity index (χ0n) is 17.7. The minimum atomic E-state index is -0.764. The Hall–Kier alpha value is -3.16. The van der Waals surface area contributed by atoms with Gasteiger partial charge < -0.3 is 15.0 Å². The predicted molar refractivity (Wildman–Crippen MR) is 130 cm³/mol. The summed E-state index contributed by atoms with van der Waals surface area (Å²) in [6.45, 7) is 3.79. The van der Waals surface area contributed by atoms with Crippen molar-refractivity contribution in [2.45, 2.75) is 19.4 Å². The maximum Gasteiger partial charge on any atom is 0.255 e. The van der Waals surface area contributed by atoms with Gasteiger partial charge in [0.25, 0.3) is 5.91 Å². The van der Waals surface area contributed by atoms with E-state index in [4.69, 9.17) is 16.3 Å². The van der Waals surface area contributed by atoms with Crippen LogP contribution in [0, 0.1) is 5.82 Å². The van der Waals surface area contributed by atoms with Crippen LogP contribution in [0.2, 0.25) is 5.02 Å². The predicted octanol–water partition coefficient (Wildman–Crippen LogP) is 7.18. The summed E-state index contributed by atoms with van der Waals surface area (Å²) < 4.78 is 21.6. The van der Waals surface area contributed by atoms with E-state index in [1.807, 2.05) is 32.0 Å². The quantitative estimate of drug-likeness (QED) is 0.297. The van der Waals surface area contributed by atoms with Crippen molar-refractivity contribution in [3.8, 4) is 28.4 Å². The maximum atomic E-state index is 14.5. The average Bonchev–Trinajstić information content (AvgIpc) is 3.20. The number of aromatic amines is 1. The first kappa shape index (κ1) is 21.7. The fourth-order valence-electron chi connectivity index (χ4n) is 3.86. The summed E-state index contributed by atoms with van der Waals surface area (Å²) >= 11 is 9.62. The molecule has 1 amide bonds. The molecular formula is C25H18BrClFN3O2. The van der Waals surface area contributed by atoms with Gasteiger partial charge in [0.2, 0.25) is 0 Å². The highest BCUT2D eigenvalue weighted by molar-refractivity contribution is 9.10. The summed E-state index contributed by atoms with van der Waals surface area (Å²) in [4.78, 5) is 20.5. The number of nitrogens with one attached hydrogen (secondary N) is 2. The Kier molecular flexibility index (Phi) is 5.26. The molecule has 5 rings (SSSR count). The molecule has 166 valence electrons. The molecule has 1 aliphatic heterocycles. The van der Waals surface area contributed by atoms with Crippen molar-refractivity contribution in [1.82, 2.24) is 9.97 Å². The molecular weight excluding hydrogens is 509 g/mol. The van der Waals surface area contributed by atoms with E-state index in [1.54, 1.807) is 36.4 Å². The number of imidazole rings is 1. The summed E-state index contributed by atoms with van der Waals surface area (Å²) in [5.41, 5.74) is 2.69. The van der Waals surface area contributed by atoms with E-state index in [9.17, 15) is 9.18 Å². The van der Waals surface area contributed by atoms with Gasteiger partial charge in [0.05, 0.1) is 22.0 Å². The fraction of sp³-hybridized carbons (Fsp3) is 0.120. The molecule has 4 aromatic rings. The second kappa shape index (κ2) is 8.01. The minimum absolute atomic E-state index is 0.212. The van der Waals surface area contributed by atoms with E-state index in [-0.39, 0.29) is 16.5 Å². The first-order valence-corrected chi connectivity index (χ1v) is 11.4. The Labute approximate surface area is 203 Å². The van der Waals surface area contributed by atoms with Crippen LogP contribution >= 0.6 is 27.5 Å². The van der Waals surface area contributed by atoms with Crippen LogP contribution in [0.1, 0.15) is 29.9 Å². The lowest BCUT2D eigenvalue weighted by Crippen LogP contribution is -2.29. The van der Waals surface area contributed by atoms with Gasteiger partial charge in [-0.3, -0.25) is 4.79 Å². The number of anilines is 1. The second-order valence-corrected chi connectivity index (χ2v) is 9.51. The molecule has 33 heavy (non-hydrogen) atoms. The summed E-state index contributed by atoms with van der Waals surface area (Å²) in [5.74, 6) is 0.215. The Morgan fingerprint density at radius 1 is 1.15 bits per heavy atom. The van der Waals surface area contributed by atoms with Gasteiger partial charge in [-0.2, -0.15) is 0 Å². The number of amides is 1. The molecule has 8 heteroatoms. The average molecular weight is 527 g/mol. The molecule has 0 saturated carbocycles. The molecule has 2 heterocycles. The third kappa shape index (κ3) is 3.92. The van der Waals surface area contributed by atoms with Gasteiger partial charge in [-0.25, -0.2) is 9.37 Å². The van der Waals surface area contributed by atoms with Gasteiger partial charge in [-0.05, 0) is 62.4 Å². The van der Waals surface area contributed by atoms with E-state index >= 15 is 0 Å². The third-order valence-electron chi connectivity index (χ3n) is 5.47. The number of rotatable bonds is 3. The minimum Gasteiger partial charge on any atom is -0.481 e. The molecule has 1 aliphatic rings. The van der Waals surface area contributed by atoms with Gasteiger partial charge in [0, 0.05) is 27.4 Å². The highest BCUT2D eigenvalue weighted by Crippen LogP contribution is 2.46. The number of fused-ring (bicyclic) bond motifs is 3. The number of halogens is 3. The third-order valence-corrected chi connectivity index (χ3v) is 6.32. The zero-order valence-corrected chi connectivity index (χ0v) is 20.0. The number of H-pyrrole nitrogens is 1. The molecule has 5 nitrogen and oxygen atoms in total. The van der Waals surface area contributed by atoms with Crippen molar-refractivity contribution in [2.24, 2.45) is 0 Å². The summed E-state index contributed by atoms with van der Waals surface area (Å²) in [6.07, 6.45) is 0. The molecule has 1 aromatic heterocycles. The van der Waals surface area contributed by atoms with Crippen molar-refractivity contribution in [3.63, 3.8) is 0 Å². The normalized spacial score (nSPS) is 13.6. The van der Waals surface area contributed by atoms with E-state index in [0.29, 0.717) is 28.5 Å². The van der Waals surface area contributed by atoms with Crippen LogP contribution in [-0.2, 0) is 5.60 Å². The van der Waals surface area contributed by atoms with Crippen LogP contribution in [0.25, 0.3) is 22.6 Å². The molecule has 0 bridgehead atoms. The SMILES string of the molecule is CC1(C)Oc2cc(NC(=O)c3ccc(Br)cc3)ccc2-c2nc(-c3c(F)cccc3Cl)[nH]c21. The van der Waals surface area contributed by atoms with Crippen LogP contribution in [-0.4, -0.2) is 15.9 Å². The van der Waals surface area contributed by atoms with E-state index in [1.165, 1.54) is 6.07 Å². The smallest absolute Gasteiger partial charge is 0.255 e. The standard InChI is InChI=1S/C25H18BrClFN3O2/c1-25(2)22-21(30-23(31-22)20-17(27)4-3-5-18(20)28)16-11-10-15(12-19(16)33-25)29-24(32)13-6-8-14(26)9-7-13/h3-12H,1-2H3,(H,29,32)(H,30,31). The molecule has 0 atom stereocenters. The summed E-state index contributed by atoms with van der Waals surface area (Å²) in [7, 11) is 0. The van der Waals surface area contributed by atoms with Crippen molar-refractivity contribution in [3.05, 3.63) is 87.2 Å². The molecule has 0 spiro atoms. The van der Waals surface area contributed by atoms with E-state index in [0.717, 1.165) is 15.7 Å². The zero-order chi connectivity index (χ0) is 23.3. The number of benzene rings is 3. The van der Waals surface area contributed by atoms with Crippen LogP contribution in [0.3, 0.4) is 0 Å². The number of hydrogen-bond donors (Lipinski definition) is 2. The number of carbonyl (C=O) groups excluding carboxylic acids is 1. The summed E-state index contributed by atoms with van der Waals surface area (Å²) in [5, 5.41) is 3.17. The number of carbonyl (C=O) groups is 1. The number of hydrogen-bond acceptors (Lipinski definition) is 3. The molecule has 3 aromatic carbocycles. The number of ether oxygens (including phenoxy) is 1. The monoisotopic (exact) mass is 525 g/mol. The Balaban J connectivity index is 1.52. The van der Waals surface area contributed by atoms with Crippen LogP contribution in [0.5, 0.6) is 5.75 Å². The van der Waals surface area contributed by atoms with Crippen molar-refractivity contribution in [2.75, 3.05) is 5.32 Å². The topological polar surface area (TPSA) is 67.0 Å². The number of aromatic nitrogens is 2. The number of nitrogens with zero attached hydrogens (tertiary/aromatic N) is 1. The molecule has 2 N–H and O–H groups in total. The molecule has 0 aliphatic carbocycles. The largest absolute Gasteiger partial charge is 0.481 e. The molecule has 0 radical (unpaired) electrons. The Bertz CT molecular complexity index is 1380. The Morgan fingerprint density at radius 3 is 2.64 bits per heavy atom. The molecule has 0 unspecified atom stereocenters. The van der Waals surface area contributed by atoms with Crippen LogP contribution in [0.15, 0.2) is 65.1 Å². The van der Waals surface area contributed by atoms with Crippen molar-refractivity contribution in [1.29, 1.82) is 0 Å². The van der Waals surface area contributed by atoms with Crippen LogP contribution < -0.4 is 10.1 Å². The molecule has 0 saturated heterocycles. The molecule has 0 fully saturated rings. The van der Waals surface area contributed by atoms with Gasteiger partial charge in [-0.1, -0.05) is 33.6 Å². The van der Waals surface area contributed by atoms with E-state index in [2.05, 4.69) is 31.2 Å². The lowest BCUT2D eigenvalue weighted by atomic mass is 9.95. The highest BCUT2D eigenvalue weighted by Gasteiger charge is 2.36. The lowest BCUT2D eigenvalue weighted by molar-refractivity contribution is 0.101.